The lowest BCUT2D eigenvalue weighted by atomic mass is 10.4. The molecule has 18 heavy (non-hydrogen) atoms. The van der Waals surface area contributed by atoms with Crippen LogP contribution in [0, 0.1) is 6.92 Å². The molecule has 0 amide bonds. The van der Waals surface area contributed by atoms with Crippen LogP contribution in [0.4, 0.5) is 5.82 Å². The van der Waals surface area contributed by atoms with Crippen LogP contribution < -0.4 is 5.32 Å². The zero-order chi connectivity index (χ0) is 13.0. The van der Waals surface area contributed by atoms with Gasteiger partial charge in [-0.25, -0.2) is 14.8 Å². The molecule has 0 saturated heterocycles. The van der Waals surface area contributed by atoms with Crippen LogP contribution in [0.15, 0.2) is 22.9 Å². The maximum Gasteiger partial charge on any atom is 0.376 e. The third-order valence-electron chi connectivity index (χ3n) is 2.16. The molecular formula is C11H12N4O3. The number of carbonyl (C=O) groups is 1. The first-order valence-corrected chi connectivity index (χ1v) is 5.26. The molecule has 0 aliphatic heterocycles. The number of hydrogen-bond donors (Lipinski definition) is 1. The Morgan fingerprint density at radius 3 is 3.00 bits per heavy atom. The molecule has 0 aliphatic carbocycles. The van der Waals surface area contributed by atoms with Gasteiger partial charge < -0.3 is 14.6 Å². The first-order valence-electron chi connectivity index (χ1n) is 5.26. The van der Waals surface area contributed by atoms with Crippen molar-refractivity contribution in [1.29, 1.82) is 0 Å². The largest absolute Gasteiger partial charge is 0.463 e. The first kappa shape index (κ1) is 12.0. The van der Waals surface area contributed by atoms with E-state index in [1.165, 1.54) is 7.11 Å². The summed E-state index contributed by atoms with van der Waals surface area (Å²) in [6.07, 6.45) is 1.56. The molecule has 0 radical (unpaired) electrons. The topological polar surface area (TPSA) is 90.1 Å². The second kappa shape index (κ2) is 5.26. The average molecular weight is 248 g/mol. The Morgan fingerprint density at radius 2 is 2.33 bits per heavy atom. The summed E-state index contributed by atoms with van der Waals surface area (Å²) < 4.78 is 9.51. The lowest BCUT2D eigenvalue weighted by Gasteiger charge is -2.05. The molecule has 2 aromatic rings. The number of ether oxygens (including phenoxy) is 1. The minimum atomic E-state index is -0.568. The fourth-order valence-corrected chi connectivity index (χ4v) is 1.35. The Hall–Kier alpha value is -2.44. The third-order valence-corrected chi connectivity index (χ3v) is 2.16. The molecule has 0 unspecified atom stereocenters. The number of methoxy groups -OCH3 is 1. The summed E-state index contributed by atoms with van der Waals surface area (Å²) in [7, 11) is 1.29. The Balaban J connectivity index is 2.12. The number of carbonyl (C=O) groups excluding carboxylic acids is 1. The number of anilines is 1. The van der Waals surface area contributed by atoms with E-state index in [2.05, 4.69) is 25.2 Å². The van der Waals surface area contributed by atoms with Crippen LogP contribution in [0.5, 0.6) is 0 Å². The molecule has 1 N–H and O–H groups in total. The van der Waals surface area contributed by atoms with Crippen LogP contribution in [0.2, 0.25) is 0 Å². The van der Waals surface area contributed by atoms with Gasteiger partial charge in [-0.2, -0.15) is 0 Å². The van der Waals surface area contributed by atoms with E-state index in [1.54, 1.807) is 25.3 Å². The zero-order valence-electron chi connectivity index (χ0n) is 10.0. The minimum absolute atomic E-state index is 0.0255. The highest BCUT2D eigenvalue weighted by molar-refractivity contribution is 5.85. The van der Waals surface area contributed by atoms with E-state index in [-0.39, 0.29) is 5.82 Å². The molecule has 0 spiro atoms. The highest BCUT2D eigenvalue weighted by Gasteiger charge is 2.11. The van der Waals surface area contributed by atoms with E-state index in [0.717, 1.165) is 0 Å². The third kappa shape index (κ3) is 2.82. The van der Waals surface area contributed by atoms with Gasteiger partial charge in [-0.15, -0.1) is 0 Å². The van der Waals surface area contributed by atoms with Gasteiger partial charge in [-0.1, -0.05) is 5.16 Å². The lowest BCUT2D eigenvalue weighted by molar-refractivity contribution is 0.0586. The maximum atomic E-state index is 11.3. The maximum absolute atomic E-state index is 11.3. The second-order valence-electron chi connectivity index (χ2n) is 3.54. The quantitative estimate of drug-likeness (QED) is 0.812. The van der Waals surface area contributed by atoms with E-state index in [1.807, 2.05) is 0 Å². The van der Waals surface area contributed by atoms with Gasteiger partial charge in [0.25, 0.3) is 0 Å². The number of nitrogens with zero attached hydrogens (tertiary/aromatic N) is 3. The van der Waals surface area contributed by atoms with Gasteiger partial charge in [0.1, 0.15) is 5.82 Å². The van der Waals surface area contributed by atoms with Gasteiger partial charge in [-0.05, 0) is 6.92 Å². The van der Waals surface area contributed by atoms with Crippen LogP contribution in [-0.2, 0) is 11.3 Å². The Kier molecular flexibility index (Phi) is 3.52. The van der Waals surface area contributed by atoms with Crippen LogP contribution in [0.25, 0.3) is 0 Å². The molecular weight excluding hydrogens is 236 g/mol. The number of hydrogen-bond acceptors (Lipinski definition) is 7. The summed E-state index contributed by atoms with van der Waals surface area (Å²) in [5, 5.41) is 6.60. The molecule has 0 bridgehead atoms. The van der Waals surface area contributed by atoms with Gasteiger partial charge in [-0.3, -0.25) is 0 Å². The molecule has 2 aromatic heterocycles. The molecule has 0 aromatic carbocycles. The van der Waals surface area contributed by atoms with Crippen LogP contribution in [0.1, 0.15) is 22.1 Å². The second-order valence-corrected chi connectivity index (χ2v) is 3.54. The molecule has 0 atom stereocenters. The van der Waals surface area contributed by atoms with Gasteiger partial charge in [0.15, 0.2) is 5.76 Å². The first-order chi connectivity index (χ1) is 8.69. The molecule has 0 aliphatic rings. The summed E-state index contributed by atoms with van der Waals surface area (Å²) in [4.78, 5) is 19.4. The van der Waals surface area contributed by atoms with Crippen molar-refractivity contribution in [2.45, 2.75) is 13.5 Å². The number of aryl methyl sites for hydroxylation is 1. The number of rotatable bonds is 4. The smallest absolute Gasteiger partial charge is 0.376 e. The highest BCUT2D eigenvalue weighted by atomic mass is 16.5. The summed E-state index contributed by atoms with van der Waals surface area (Å²) in [5.74, 6) is 0.657. The van der Waals surface area contributed by atoms with Crippen molar-refractivity contribution < 1.29 is 14.1 Å². The molecule has 2 heterocycles. The lowest BCUT2D eigenvalue weighted by Crippen LogP contribution is -2.11. The standard InChI is InChI=1S/C11H12N4O3/c1-7-5-9(12-6-8-3-4-13-18-8)15-10(14-7)11(16)17-2/h3-5H,6H2,1-2H3,(H,12,14,15). The molecule has 7 heteroatoms. The summed E-state index contributed by atoms with van der Waals surface area (Å²) in [5.41, 5.74) is 0.672. The highest BCUT2D eigenvalue weighted by Crippen LogP contribution is 2.09. The van der Waals surface area contributed by atoms with Crippen LogP contribution >= 0.6 is 0 Å². The van der Waals surface area contributed by atoms with E-state index < -0.39 is 5.97 Å². The number of nitrogens with one attached hydrogen (secondary N) is 1. The van der Waals surface area contributed by atoms with E-state index in [9.17, 15) is 4.79 Å². The van der Waals surface area contributed by atoms with E-state index in [4.69, 9.17) is 4.52 Å². The predicted molar refractivity (Wildman–Crippen MR) is 61.9 cm³/mol. The number of aromatic nitrogens is 3. The minimum Gasteiger partial charge on any atom is -0.463 e. The van der Waals surface area contributed by atoms with Crippen molar-refractivity contribution in [1.82, 2.24) is 15.1 Å². The summed E-state index contributed by atoms with van der Waals surface area (Å²) >= 11 is 0. The summed E-state index contributed by atoms with van der Waals surface area (Å²) in [6.45, 7) is 2.20. The van der Waals surface area contributed by atoms with E-state index in [0.29, 0.717) is 23.8 Å². The fraction of sp³-hybridized carbons (Fsp3) is 0.273. The molecule has 0 fully saturated rings. The fourth-order valence-electron chi connectivity index (χ4n) is 1.35. The Labute approximate surface area is 103 Å². The van der Waals surface area contributed by atoms with Crippen LogP contribution in [0.3, 0.4) is 0 Å². The monoisotopic (exact) mass is 248 g/mol. The zero-order valence-corrected chi connectivity index (χ0v) is 10.0. The normalized spacial score (nSPS) is 10.1. The van der Waals surface area contributed by atoms with Crippen molar-refractivity contribution in [3.05, 3.63) is 35.6 Å². The Morgan fingerprint density at radius 1 is 1.50 bits per heavy atom. The van der Waals surface area contributed by atoms with Gasteiger partial charge >= 0.3 is 5.97 Å². The van der Waals surface area contributed by atoms with Crippen molar-refractivity contribution in [3.63, 3.8) is 0 Å². The van der Waals surface area contributed by atoms with E-state index >= 15 is 0 Å². The van der Waals surface area contributed by atoms with Crippen molar-refractivity contribution in [2.24, 2.45) is 0 Å². The van der Waals surface area contributed by atoms with Gasteiger partial charge in [0.2, 0.25) is 5.82 Å². The predicted octanol–water partition coefficient (Wildman–Crippen LogP) is 1.17. The van der Waals surface area contributed by atoms with Crippen molar-refractivity contribution in [3.8, 4) is 0 Å². The van der Waals surface area contributed by atoms with Crippen molar-refractivity contribution >= 4 is 11.8 Å². The number of esters is 1. The average Bonchev–Trinajstić information content (AvgIpc) is 2.88. The van der Waals surface area contributed by atoms with Gasteiger partial charge in [0.05, 0.1) is 19.9 Å². The summed E-state index contributed by atoms with van der Waals surface area (Å²) in [6, 6.07) is 3.46. The molecule has 0 saturated carbocycles. The Bertz CT molecular complexity index is 539. The SMILES string of the molecule is COC(=O)c1nc(C)cc(NCc2ccno2)n1. The van der Waals surface area contributed by atoms with Crippen molar-refractivity contribution in [2.75, 3.05) is 12.4 Å². The molecule has 2 rings (SSSR count). The molecule has 94 valence electrons. The molecule has 7 nitrogen and oxygen atoms in total. The van der Waals surface area contributed by atoms with Crippen LogP contribution in [-0.4, -0.2) is 28.2 Å². The van der Waals surface area contributed by atoms with Gasteiger partial charge in [0, 0.05) is 17.8 Å².